The van der Waals surface area contributed by atoms with Gasteiger partial charge < -0.3 is 14.8 Å². The van der Waals surface area contributed by atoms with E-state index in [4.69, 9.17) is 9.47 Å². The molecule has 3 rings (SSSR count). The lowest BCUT2D eigenvalue weighted by Crippen LogP contribution is -2.21. The lowest BCUT2D eigenvalue weighted by molar-refractivity contribution is -0.116. The van der Waals surface area contributed by atoms with Gasteiger partial charge in [0.2, 0.25) is 5.91 Å². The monoisotopic (exact) mass is 379 g/mol. The second kappa shape index (κ2) is 8.81. The Balaban J connectivity index is 1.62. The third kappa shape index (κ3) is 4.53. The molecule has 0 radical (unpaired) electrons. The standard InChI is InChI=1S/C20H21N5O3/c1-25-15(11-16(24-25)17-13-21-8-9-22-17)12-23-20(26)7-5-14-4-6-18(27-2)19(10-14)28-3/h4-11,13H,12H2,1-3H3,(H,23,26). The molecule has 2 heterocycles. The summed E-state index contributed by atoms with van der Waals surface area (Å²) in [7, 11) is 4.97. The van der Waals surface area contributed by atoms with Crippen molar-refractivity contribution in [3.8, 4) is 22.9 Å². The van der Waals surface area contributed by atoms with Gasteiger partial charge in [-0.2, -0.15) is 5.10 Å². The van der Waals surface area contributed by atoms with Crippen molar-refractivity contribution in [2.75, 3.05) is 14.2 Å². The van der Waals surface area contributed by atoms with E-state index >= 15 is 0 Å². The van der Waals surface area contributed by atoms with Crippen molar-refractivity contribution in [1.82, 2.24) is 25.1 Å². The van der Waals surface area contributed by atoms with Crippen LogP contribution in [0.2, 0.25) is 0 Å². The number of aryl methyl sites for hydroxylation is 1. The predicted octanol–water partition coefficient (Wildman–Crippen LogP) is 2.22. The van der Waals surface area contributed by atoms with Gasteiger partial charge in [0.15, 0.2) is 11.5 Å². The van der Waals surface area contributed by atoms with Crippen LogP contribution < -0.4 is 14.8 Å². The molecule has 0 aliphatic heterocycles. The van der Waals surface area contributed by atoms with Crippen LogP contribution in [0.25, 0.3) is 17.5 Å². The zero-order valence-electron chi connectivity index (χ0n) is 15.9. The molecule has 0 spiro atoms. The number of ether oxygens (including phenoxy) is 2. The van der Waals surface area contributed by atoms with Gasteiger partial charge in [-0.25, -0.2) is 0 Å². The minimum absolute atomic E-state index is 0.211. The maximum atomic E-state index is 12.1. The number of nitrogens with zero attached hydrogens (tertiary/aromatic N) is 4. The summed E-state index contributed by atoms with van der Waals surface area (Å²) >= 11 is 0. The molecule has 1 N–H and O–H groups in total. The van der Waals surface area contributed by atoms with Gasteiger partial charge in [0.1, 0.15) is 11.4 Å². The molecule has 144 valence electrons. The first-order chi connectivity index (χ1) is 13.6. The van der Waals surface area contributed by atoms with E-state index in [1.807, 2.05) is 19.2 Å². The summed E-state index contributed by atoms with van der Waals surface area (Å²) in [5.41, 5.74) is 3.08. The Labute approximate surface area is 162 Å². The Kier molecular flexibility index (Phi) is 6.01. The topological polar surface area (TPSA) is 91.2 Å². The summed E-state index contributed by atoms with van der Waals surface area (Å²) in [6.45, 7) is 0.346. The third-order valence-corrected chi connectivity index (χ3v) is 4.08. The summed E-state index contributed by atoms with van der Waals surface area (Å²) < 4.78 is 12.2. The highest BCUT2D eigenvalue weighted by Gasteiger charge is 2.09. The van der Waals surface area contributed by atoms with Crippen molar-refractivity contribution < 1.29 is 14.3 Å². The van der Waals surface area contributed by atoms with Crippen LogP contribution in [0.4, 0.5) is 0 Å². The van der Waals surface area contributed by atoms with E-state index in [0.717, 1.165) is 11.3 Å². The summed E-state index contributed by atoms with van der Waals surface area (Å²) in [4.78, 5) is 20.4. The number of hydrogen-bond acceptors (Lipinski definition) is 6. The molecule has 0 aliphatic carbocycles. The first-order valence-corrected chi connectivity index (χ1v) is 8.58. The Bertz CT molecular complexity index is 983. The normalized spacial score (nSPS) is 10.8. The molecule has 1 aromatic carbocycles. The third-order valence-electron chi connectivity index (χ3n) is 4.08. The molecule has 0 saturated heterocycles. The van der Waals surface area contributed by atoms with Crippen molar-refractivity contribution >= 4 is 12.0 Å². The van der Waals surface area contributed by atoms with Gasteiger partial charge in [0, 0.05) is 25.5 Å². The Morgan fingerprint density at radius 1 is 1.14 bits per heavy atom. The van der Waals surface area contributed by atoms with Gasteiger partial charge in [-0.1, -0.05) is 6.07 Å². The second-order valence-electron chi connectivity index (χ2n) is 5.90. The number of benzene rings is 1. The molecule has 0 aliphatic rings. The zero-order chi connectivity index (χ0) is 19.9. The number of nitrogens with one attached hydrogen (secondary N) is 1. The van der Waals surface area contributed by atoms with Gasteiger partial charge in [-0.15, -0.1) is 0 Å². The van der Waals surface area contributed by atoms with Gasteiger partial charge in [0.25, 0.3) is 0 Å². The highest BCUT2D eigenvalue weighted by atomic mass is 16.5. The van der Waals surface area contributed by atoms with Gasteiger partial charge >= 0.3 is 0 Å². The largest absolute Gasteiger partial charge is 0.493 e. The van der Waals surface area contributed by atoms with Crippen LogP contribution in [0.3, 0.4) is 0 Å². The highest BCUT2D eigenvalue weighted by molar-refractivity contribution is 5.91. The minimum atomic E-state index is -0.211. The van der Waals surface area contributed by atoms with Gasteiger partial charge in [-0.05, 0) is 29.8 Å². The number of carbonyl (C=O) groups excluding carboxylic acids is 1. The van der Waals surface area contributed by atoms with Crippen molar-refractivity contribution in [2.24, 2.45) is 7.05 Å². The van der Waals surface area contributed by atoms with E-state index in [9.17, 15) is 4.79 Å². The van der Waals surface area contributed by atoms with E-state index in [0.29, 0.717) is 29.4 Å². The van der Waals surface area contributed by atoms with E-state index in [-0.39, 0.29) is 5.91 Å². The molecule has 3 aromatic rings. The van der Waals surface area contributed by atoms with Gasteiger partial charge in [0.05, 0.1) is 32.7 Å². The molecule has 0 atom stereocenters. The van der Waals surface area contributed by atoms with E-state index in [1.54, 1.807) is 55.7 Å². The van der Waals surface area contributed by atoms with E-state index in [1.165, 1.54) is 6.08 Å². The maximum Gasteiger partial charge on any atom is 0.244 e. The van der Waals surface area contributed by atoms with Crippen LogP contribution in [-0.4, -0.2) is 39.9 Å². The van der Waals surface area contributed by atoms with Crippen LogP contribution in [-0.2, 0) is 18.4 Å². The summed E-state index contributed by atoms with van der Waals surface area (Å²) in [6.07, 6.45) is 8.06. The highest BCUT2D eigenvalue weighted by Crippen LogP contribution is 2.27. The molecule has 8 heteroatoms. The fourth-order valence-corrected chi connectivity index (χ4v) is 2.59. The Morgan fingerprint density at radius 3 is 2.68 bits per heavy atom. The Morgan fingerprint density at radius 2 is 1.96 bits per heavy atom. The quantitative estimate of drug-likeness (QED) is 0.633. The zero-order valence-corrected chi connectivity index (χ0v) is 15.9. The molecule has 2 aromatic heterocycles. The lowest BCUT2D eigenvalue weighted by Gasteiger charge is -2.07. The molecule has 28 heavy (non-hydrogen) atoms. The molecule has 0 fully saturated rings. The predicted molar refractivity (Wildman–Crippen MR) is 105 cm³/mol. The fraction of sp³-hybridized carbons (Fsp3) is 0.200. The lowest BCUT2D eigenvalue weighted by atomic mass is 10.2. The van der Waals surface area contributed by atoms with Crippen LogP contribution >= 0.6 is 0 Å². The molecule has 8 nitrogen and oxygen atoms in total. The molecule has 0 bridgehead atoms. The van der Waals surface area contributed by atoms with Gasteiger partial charge in [-0.3, -0.25) is 19.4 Å². The van der Waals surface area contributed by atoms with E-state index in [2.05, 4.69) is 20.4 Å². The fourth-order valence-electron chi connectivity index (χ4n) is 2.59. The van der Waals surface area contributed by atoms with Crippen LogP contribution in [0.15, 0.2) is 48.9 Å². The Hall–Kier alpha value is -3.68. The maximum absolute atomic E-state index is 12.1. The first kappa shape index (κ1) is 19.1. The summed E-state index contributed by atoms with van der Waals surface area (Å²) in [5, 5.41) is 7.25. The summed E-state index contributed by atoms with van der Waals surface area (Å²) in [5.74, 6) is 1.03. The molecule has 0 unspecified atom stereocenters. The van der Waals surface area contributed by atoms with Crippen LogP contribution in [0, 0.1) is 0 Å². The van der Waals surface area contributed by atoms with Crippen molar-refractivity contribution in [1.29, 1.82) is 0 Å². The van der Waals surface area contributed by atoms with Crippen LogP contribution in [0.5, 0.6) is 11.5 Å². The summed E-state index contributed by atoms with van der Waals surface area (Å²) in [6, 6.07) is 7.32. The SMILES string of the molecule is COc1ccc(C=CC(=O)NCc2cc(-c3cnccn3)nn2C)cc1OC. The average Bonchev–Trinajstić information content (AvgIpc) is 3.11. The van der Waals surface area contributed by atoms with Crippen molar-refractivity contribution in [3.63, 3.8) is 0 Å². The smallest absolute Gasteiger partial charge is 0.244 e. The average molecular weight is 379 g/mol. The minimum Gasteiger partial charge on any atom is -0.493 e. The number of amides is 1. The first-order valence-electron chi connectivity index (χ1n) is 8.58. The number of carbonyl (C=O) groups is 1. The second-order valence-corrected chi connectivity index (χ2v) is 5.90. The van der Waals surface area contributed by atoms with E-state index < -0.39 is 0 Å². The molecule has 0 saturated carbocycles. The number of methoxy groups -OCH3 is 2. The van der Waals surface area contributed by atoms with Crippen molar-refractivity contribution in [3.05, 3.63) is 60.2 Å². The van der Waals surface area contributed by atoms with Crippen molar-refractivity contribution in [2.45, 2.75) is 6.54 Å². The molecular formula is C20H21N5O3. The molecular weight excluding hydrogens is 358 g/mol. The molecule has 1 amide bonds. The number of aromatic nitrogens is 4. The number of hydrogen-bond donors (Lipinski definition) is 1. The van der Waals surface area contributed by atoms with Crippen LogP contribution in [0.1, 0.15) is 11.3 Å². The number of rotatable bonds is 7.